The second-order valence-corrected chi connectivity index (χ2v) is 16.0. The van der Waals surface area contributed by atoms with Crippen LogP contribution < -0.4 is 0 Å². The molecule has 0 saturated carbocycles. The summed E-state index contributed by atoms with van der Waals surface area (Å²) < 4.78 is 4.54. The Morgan fingerprint density at radius 1 is 0.227 bits per heavy atom. The summed E-state index contributed by atoms with van der Waals surface area (Å²) in [5.74, 6) is 3.45. The first-order valence-electron chi connectivity index (χ1n) is 22.0. The van der Waals surface area contributed by atoms with Gasteiger partial charge in [0.1, 0.15) is 11.6 Å². The number of hydrogen-bond acceptors (Lipinski definition) is 5. The van der Waals surface area contributed by atoms with E-state index in [1.165, 1.54) is 0 Å². The Balaban J connectivity index is 1.06. The average molecular weight is 846 g/mol. The fourth-order valence-electron chi connectivity index (χ4n) is 9.05. The molecule has 7 heteroatoms. The maximum absolute atomic E-state index is 5.43. The molecular weight excluding hydrogens is 807 g/mol. The first-order valence-corrected chi connectivity index (χ1v) is 22.0. The Kier molecular flexibility index (Phi) is 9.69. The van der Waals surface area contributed by atoms with Crippen molar-refractivity contribution >= 4 is 22.1 Å². The summed E-state index contributed by atoms with van der Waals surface area (Å²) in [5.41, 5.74) is 14.6. The minimum absolute atomic E-state index is 0.568. The van der Waals surface area contributed by atoms with Crippen molar-refractivity contribution in [1.82, 2.24) is 34.1 Å². The molecule has 0 spiro atoms. The molecule has 0 unspecified atom stereocenters. The first-order chi connectivity index (χ1) is 32.8. The normalized spacial score (nSPS) is 11.3. The molecule has 12 rings (SSSR count). The Labute approximate surface area is 381 Å². The molecule has 0 N–H and O–H groups in total. The van der Waals surface area contributed by atoms with Crippen LogP contribution in [0.5, 0.6) is 0 Å². The lowest BCUT2D eigenvalue weighted by Gasteiger charge is -2.18. The van der Waals surface area contributed by atoms with Gasteiger partial charge in [0, 0.05) is 38.9 Å². The van der Waals surface area contributed by atoms with Gasteiger partial charge in [-0.25, -0.2) is 24.9 Å². The molecule has 0 atom stereocenters. The molecule has 310 valence electrons. The number of imidazole rings is 2. The van der Waals surface area contributed by atoms with Gasteiger partial charge in [-0.1, -0.05) is 200 Å². The van der Waals surface area contributed by atoms with Crippen LogP contribution in [0, 0.1) is 0 Å². The number of para-hydroxylation sites is 6. The number of rotatable bonds is 9. The summed E-state index contributed by atoms with van der Waals surface area (Å²) >= 11 is 0. The third-order valence-corrected chi connectivity index (χ3v) is 12.1. The van der Waals surface area contributed by atoms with Crippen LogP contribution in [0.4, 0.5) is 0 Å². The van der Waals surface area contributed by atoms with Crippen molar-refractivity contribution in [2.24, 2.45) is 0 Å². The molecule has 0 fully saturated rings. The Morgan fingerprint density at radius 3 is 0.985 bits per heavy atom. The third-order valence-electron chi connectivity index (χ3n) is 12.1. The van der Waals surface area contributed by atoms with Gasteiger partial charge in [-0.3, -0.25) is 9.13 Å². The van der Waals surface area contributed by atoms with Crippen LogP contribution in [0.3, 0.4) is 0 Å². The Morgan fingerprint density at radius 2 is 0.545 bits per heavy atom. The monoisotopic (exact) mass is 845 g/mol. The second-order valence-electron chi connectivity index (χ2n) is 16.0. The number of nitrogens with zero attached hydrogens (tertiary/aromatic N) is 7. The molecule has 0 aliphatic rings. The van der Waals surface area contributed by atoms with Crippen molar-refractivity contribution < 1.29 is 0 Å². The van der Waals surface area contributed by atoms with Crippen molar-refractivity contribution in [3.05, 3.63) is 237 Å². The van der Waals surface area contributed by atoms with Gasteiger partial charge in [0.2, 0.25) is 0 Å². The zero-order valence-corrected chi connectivity index (χ0v) is 35.6. The summed E-state index contributed by atoms with van der Waals surface area (Å²) in [6.07, 6.45) is 0. The van der Waals surface area contributed by atoms with Crippen molar-refractivity contribution in [2.45, 2.75) is 0 Å². The van der Waals surface area contributed by atoms with Gasteiger partial charge in [-0.2, -0.15) is 0 Å². The van der Waals surface area contributed by atoms with E-state index in [0.29, 0.717) is 17.5 Å². The van der Waals surface area contributed by atoms with Crippen molar-refractivity contribution in [3.63, 3.8) is 0 Å². The minimum atomic E-state index is 0.568. The molecule has 3 aromatic heterocycles. The molecule has 9 aromatic carbocycles. The van der Waals surface area contributed by atoms with Crippen LogP contribution in [0.25, 0.3) is 113 Å². The minimum Gasteiger partial charge on any atom is -0.292 e. The predicted molar refractivity (Wildman–Crippen MR) is 267 cm³/mol. The lowest BCUT2D eigenvalue weighted by Crippen LogP contribution is -2.04. The van der Waals surface area contributed by atoms with Gasteiger partial charge in [-0.15, -0.1) is 0 Å². The van der Waals surface area contributed by atoms with E-state index in [0.717, 1.165) is 95.2 Å². The molecule has 66 heavy (non-hydrogen) atoms. The van der Waals surface area contributed by atoms with E-state index in [1.54, 1.807) is 0 Å². The van der Waals surface area contributed by atoms with E-state index < -0.39 is 0 Å². The molecular formula is C59H39N7. The highest BCUT2D eigenvalue weighted by Crippen LogP contribution is 2.41. The zero-order chi connectivity index (χ0) is 43.8. The smallest absolute Gasteiger partial charge is 0.164 e. The highest BCUT2D eigenvalue weighted by molar-refractivity contribution is 5.93. The standard InChI is InChI=1S/C59H39N7/c1-4-22-40(23-5-1)55-62-56(47-32-12-10-28-43(47)45-30-14-18-36-51(45)65-53-38-20-16-34-49(53)60-58(65)41-24-6-2-7-25-41)64-57(63-55)48-33-13-11-29-44(48)46-31-15-19-37-52(46)66-54-39-21-17-35-50(54)61-59(66)42-26-8-3-9-27-42/h1-39H. The summed E-state index contributed by atoms with van der Waals surface area (Å²) in [4.78, 5) is 26.3. The fraction of sp³-hybridized carbons (Fsp3) is 0. The van der Waals surface area contributed by atoms with Crippen LogP contribution >= 0.6 is 0 Å². The summed E-state index contributed by atoms with van der Waals surface area (Å²) in [6, 6.07) is 81.4. The summed E-state index contributed by atoms with van der Waals surface area (Å²) in [5, 5.41) is 0. The molecule has 0 aliphatic heterocycles. The van der Waals surface area contributed by atoms with Crippen molar-refractivity contribution in [3.8, 4) is 90.6 Å². The van der Waals surface area contributed by atoms with Crippen LogP contribution in [0.15, 0.2) is 237 Å². The van der Waals surface area contributed by atoms with E-state index >= 15 is 0 Å². The molecule has 0 amide bonds. The third kappa shape index (κ3) is 6.83. The molecule has 0 radical (unpaired) electrons. The Hall–Kier alpha value is -9.07. The van der Waals surface area contributed by atoms with Crippen molar-refractivity contribution in [1.29, 1.82) is 0 Å². The average Bonchev–Trinajstić information content (AvgIpc) is 3.99. The largest absolute Gasteiger partial charge is 0.292 e. The fourth-order valence-corrected chi connectivity index (χ4v) is 9.05. The van der Waals surface area contributed by atoms with E-state index in [9.17, 15) is 0 Å². The van der Waals surface area contributed by atoms with E-state index in [2.05, 4.69) is 203 Å². The van der Waals surface area contributed by atoms with E-state index in [-0.39, 0.29) is 0 Å². The van der Waals surface area contributed by atoms with Gasteiger partial charge >= 0.3 is 0 Å². The maximum Gasteiger partial charge on any atom is 0.164 e. The molecule has 0 saturated heterocycles. The lowest BCUT2D eigenvalue weighted by atomic mass is 9.96. The summed E-state index contributed by atoms with van der Waals surface area (Å²) in [6.45, 7) is 0. The highest BCUT2D eigenvalue weighted by atomic mass is 15.1. The molecule has 0 bridgehead atoms. The van der Waals surface area contributed by atoms with Gasteiger partial charge in [0.15, 0.2) is 17.5 Å². The molecule has 7 nitrogen and oxygen atoms in total. The lowest BCUT2D eigenvalue weighted by molar-refractivity contribution is 1.07. The maximum atomic E-state index is 5.43. The SMILES string of the molecule is c1ccc(-c2nc(-c3ccccc3-c3ccccc3-n3c(-c4ccccc4)nc4ccccc43)nc(-c3ccccc3-c3ccccc3-n3c(-c4ccccc4)nc4ccccc43)n2)cc1. The van der Waals surface area contributed by atoms with Crippen LogP contribution in [0.2, 0.25) is 0 Å². The van der Waals surface area contributed by atoms with Gasteiger partial charge < -0.3 is 0 Å². The van der Waals surface area contributed by atoms with Gasteiger partial charge in [-0.05, 0) is 47.5 Å². The second kappa shape index (κ2) is 16.6. The van der Waals surface area contributed by atoms with Crippen LogP contribution in [-0.2, 0) is 0 Å². The van der Waals surface area contributed by atoms with Crippen LogP contribution in [-0.4, -0.2) is 34.1 Å². The number of benzene rings is 9. The number of hydrogen-bond donors (Lipinski definition) is 0. The van der Waals surface area contributed by atoms with Crippen molar-refractivity contribution in [2.75, 3.05) is 0 Å². The molecule has 0 aliphatic carbocycles. The topological polar surface area (TPSA) is 74.3 Å². The quantitative estimate of drug-likeness (QED) is 0.145. The number of aromatic nitrogens is 7. The van der Waals surface area contributed by atoms with E-state index in [4.69, 9.17) is 24.9 Å². The van der Waals surface area contributed by atoms with Gasteiger partial charge in [0.05, 0.1) is 33.4 Å². The molecule has 3 heterocycles. The van der Waals surface area contributed by atoms with E-state index in [1.807, 2.05) is 42.5 Å². The van der Waals surface area contributed by atoms with Crippen LogP contribution in [0.1, 0.15) is 0 Å². The Bertz CT molecular complexity index is 3480. The first kappa shape index (κ1) is 38.6. The molecule has 12 aromatic rings. The zero-order valence-electron chi connectivity index (χ0n) is 35.6. The number of fused-ring (bicyclic) bond motifs is 2. The highest BCUT2D eigenvalue weighted by Gasteiger charge is 2.23. The summed E-state index contributed by atoms with van der Waals surface area (Å²) in [7, 11) is 0. The predicted octanol–water partition coefficient (Wildman–Crippen LogP) is 14.2. The van der Waals surface area contributed by atoms with Gasteiger partial charge in [0.25, 0.3) is 0 Å².